The number of alkyl halides is 3. The van der Waals surface area contributed by atoms with Gasteiger partial charge in [-0.05, 0) is 0 Å². The number of hydrogen-bond donors (Lipinski definition) is 1. The van der Waals surface area contributed by atoms with E-state index in [0.717, 1.165) is 0 Å². The van der Waals surface area contributed by atoms with Gasteiger partial charge in [0.2, 0.25) is 0 Å². The van der Waals surface area contributed by atoms with Crippen LogP contribution in [-0.4, -0.2) is 27.3 Å². The Morgan fingerprint density at radius 2 is 2.11 bits per heavy atom. The summed E-state index contributed by atoms with van der Waals surface area (Å²) in [7, 11) is 0. The SMILES string of the molecule is O=C(O)Cc1nc(OC(F)(F)F)c([N+](=O)[O-])cc1F. The molecule has 1 aromatic heterocycles. The average Bonchev–Trinajstić information content (AvgIpc) is 2.19. The van der Waals surface area contributed by atoms with Crippen LogP contribution >= 0.6 is 0 Å². The van der Waals surface area contributed by atoms with E-state index >= 15 is 0 Å². The molecule has 0 aliphatic rings. The molecule has 0 unspecified atom stereocenters. The third-order valence-electron chi connectivity index (χ3n) is 1.72. The number of aromatic nitrogens is 1. The second-order valence-electron chi connectivity index (χ2n) is 3.12. The van der Waals surface area contributed by atoms with E-state index < -0.39 is 46.8 Å². The highest BCUT2D eigenvalue weighted by Gasteiger charge is 2.36. The molecule has 0 aliphatic carbocycles. The van der Waals surface area contributed by atoms with Crippen LogP contribution in [0.1, 0.15) is 5.69 Å². The number of carboxylic acid groups (broad SMARTS) is 1. The number of nitrogens with zero attached hydrogens (tertiary/aromatic N) is 2. The minimum absolute atomic E-state index is 0.117. The van der Waals surface area contributed by atoms with Crippen LogP contribution in [0, 0.1) is 15.9 Å². The summed E-state index contributed by atoms with van der Waals surface area (Å²) in [4.78, 5) is 22.3. The Kier molecular flexibility index (Phi) is 3.87. The van der Waals surface area contributed by atoms with Crippen molar-refractivity contribution in [3.05, 3.63) is 27.7 Å². The molecule has 19 heavy (non-hydrogen) atoms. The number of hydrogen-bond acceptors (Lipinski definition) is 5. The Bertz CT molecular complexity index is 531. The zero-order valence-electron chi connectivity index (χ0n) is 8.77. The zero-order chi connectivity index (χ0) is 14.8. The second-order valence-corrected chi connectivity index (χ2v) is 3.12. The molecule has 7 nitrogen and oxygen atoms in total. The minimum atomic E-state index is -5.28. The first-order valence-corrected chi connectivity index (χ1v) is 4.41. The molecule has 0 saturated carbocycles. The van der Waals surface area contributed by atoms with Crippen LogP contribution in [0.25, 0.3) is 0 Å². The predicted molar refractivity (Wildman–Crippen MR) is 48.9 cm³/mol. The number of pyridine rings is 1. The highest BCUT2D eigenvalue weighted by Crippen LogP contribution is 2.31. The van der Waals surface area contributed by atoms with Gasteiger partial charge in [-0.3, -0.25) is 14.9 Å². The molecule has 104 valence electrons. The molecule has 11 heteroatoms. The number of aliphatic carboxylic acids is 1. The highest BCUT2D eigenvalue weighted by atomic mass is 19.4. The van der Waals surface area contributed by atoms with Crippen LogP contribution in [-0.2, 0) is 11.2 Å². The Morgan fingerprint density at radius 1 is 1.53 bits per heavy atom. The molecule has 0 bridgehead atoms. The van der Waals surface area contributed by atoms with E-state index in [2.05, 4.69) is 9.72 Å². The lowest BCUT2D eigenvalue weighted by Crippen LogP contribution is -2.20. The smallest absolute Gasteiger partial charge is 0.481 e. The van der Waals surface area contributed by atoms with Crippen molar-refractivity contribution in [2.75, 3.05) is 0 Å². The normalized spacial score (nSPS) is 11.2. The van der Waals surface area contributed by atoms with E-state index in [-0.39, 0.29) is 6.07 Å². The summed E-state index contributed by atoms with van der Waals surface area (Å²) in [5.74, 6) is -4.50. The summed E-state index contributed by atoms with van der Waals surface area (Å²) in [6.45, 7) is 0. The lowest BCUT2D eigenvalue weighted by atomic mass is 10.2. The maximum atomic E-state index is 13.2. The molecular weight excluding hydrogens is 280 g/mol. The van der Waals surface area contributed by atoms with Gasteiger partial charge < -0.3 is 9.84 Å². The Balaban J connectivity index is 3.31. The molecule has 0 aromatic carbocycles. The molecule has 0 aliphatic heterocycles. The van der Waals surface area contributed by atoms with Crippen molar-refractivity contribution in [2.45, 2.75) is 12.8 Å². The zero-order valence-corrected chi connectivity index (χ0v) is 8.77. The molecule has 0 radical (unpaired) electrons. The molecule has 0 spiro atoms. The van der Waals surface area contributed by atoms with Gasteiger partial charge in [-0.15, -0.1) is 13.2 Å². The number of ether oxygens (including phenoxy) is 1. The number of carbonyl (C=O) groups is 1. The van der Waals surface area contributed by atoms with Gasteiger partial charge in [0.25, 0.3) is 0 Å². The van der Waals surface area contributed by atoms with Crippen molar-refractivity contribution in [1.29, 1.82) is 0 Å². The standard InChI is InChI=1S/C8H4F4N2O5/c9-3-1-5(14(17)18)7(19-8(10,11)12)13-4(3)2-6(15)16/h1H,2H2,(H,15,16). The Morgan fingerprint density at radius 3 is 2.53 bits per heavy atom. The third-order valence-corrected chi connectivity index (χ3v) is 1.72. The van der Waals surface area contributed by atoms with E-state index in [9.17, 15) is 32.5 Å². The van der Waals surface area contributed by atoms with Gasteiger partial charge in [0.15, 0.2) is 5.82 Å². The van der Waals surface area contributed by atoms with Gasteiger partial charge in [-0.1, -0.05) is 0 Å². The predicted octanol–water partition coefficient (Wildman–Crippen LogP) is 1.65. The van der Waals surface area contributed by atoms with Crippen molar-refractivity contribution >= 4 is 11.7 Å². The summed E-state index contributed by atoms with van der Waals surface area (Å²) >= 11 is 0. The van der Waals surface area contributed by atoms with E-state index in [1.165, 1.54) is 0 Å². The molecule has 1 aromatic rings. The molecule has 1 N–H and O–H groups in total. The number of nitro groups is 1. The van der Waals surface area contributed by atoms with Crippen molar-refractivity contribution in [2.24, 2.45) is 0 Å². The van der Waals surface area contributed by atoms with Crippen LogP contribution in [0.15, 0.2) is 6.07 Å². The maximum absolute atomic E-state index is 13.2. The minimum Gasteiger partial charge on any atom is -0.481 e. The number of carboxylic acids is 1. The number of halogens is 4. The van der Waals surface area contributed by atoms with Gasteiger partial charge in [0.1, 0.15) is 0 Å². The fraction of sp³-hybridized carbons (Fsp3) is 0.250. The van der Waals surface area contributed by atoms with Gasteiger partial charge in [0.05, 0.1) is 23.1 Å². The summed E-state index contributed by atoms with van der Waals surface area (Å²) in [6.07, 6.45) is -6.33. The van der Waals surface area contributed by atoms with Gasteiger partial charge >= 0.3 is 23.9 Å². The summed E-state index contributed by atoms with van der Waals surface area (Å²) in [5, 5.41) is 18.8. The van der Waals surface area contributed by atoms with Gasteiger partial charge in [0, 0.05) is 0 Å². The highest BCUT2D eigenvalue weighted by molar-refractivity contribution is 5.69. The average molecular weight is 284 g/mol. The van der Waals surface area contributed by atoms with Crippen LogP contribution in [0.5, 0.6) is 5.88 Å². The summed E-state index contributed by atoms with van der Waals surface area (Å²) in [6, 6.07) is 0.117. The summed E-state index contributed by atoms with van der Waals surface area (Å²) in [5.41, 5.74) is -2.26. The second kappa shape index (κ2) is 5.04. The molecule has 0 fully saturated rings. The van der Waals surface area contributed by atoms with E-state index in [1.807, 2.05) is 0 Å². The molecule has 0 saturated heterocycles. The van der Waals surface area contributed by atoms with Crippen molar-refractivity contribution < 1.29 is 37.1 Å². The largest absolute Gasteiger partial charge is 0.574 e. The molecular formula is C8H4F4N2O5. The topological polar surface area (TPSA) is 103 Å². The van der Waals surface area contributed by atoms with Crippen molar-refractivity contribution in [1.82, 2.24) is 4.98 Å². The quantitative estimate of drug-likeness (QED) is 0.512. The molecule has 0 atom stereocenters. The molecule has 1 heterocycles. The monoisotopic (exact) mass is 284 g/mol. The first kappa shape index (κ1) is 14.6. The van der Waals surface area contributed by atoms with Crippen LogP contribution in [0.2, 0.25) is 0 Å². The maximum Gasteiger partial charge on any atom is 0.574 e. The van der Waals surface area contributed by atoms with Crippen molar-refractivity contribution in [3.63, 3.8) is 0 Å². The van der Waals surface area contributed by atoms with E-state index in [0.29, 0.717) is 0 Å². The lowest BCUT2D eigenvalue weighted by Gasteiger charge is -2.09. The molecule has 0 amide bonds. The first-order valence-electron chi connectivity index (χ1n) is 4.41. The van der Waals surface area contributed by atoms with Gasteiger partial charge in [-0.2, -0.15) is 0 Å². The van der Waals surface area contributed by atoms with Crippen LogP contribution < -0.4 is 4.74 Å². The third kappa shape index (κ3) is 4.04. The first-order chi connectivity index (χ1) is 8.60. The Labute approximate surface area is 101 Å². The van der Waals surface area contributed by atoms with Crippen LogP contribution in [0.4, 0.5) is 23.2 Å². The van der Waals surface area contributed by atoms with E-state index in [4.69, 9.17) is 5.11 Å². The van der Waals surface area contributed by atoms with E-state index in [1.54, 1.807) is 0 Å². The summed E-state index contributed by atoms with van der Waals surface area (Å²) < 4.78 is 52.4. The Hall–Kier alpha value is -2.46. The fourth-order valence-electron chi connectivity index (χ4n) is 1.08. The lowest BCUT2D eigenvalue weighted by molar-refractivity contribution is -0.389. The number of rotatable bonds is 4. The van der Waals surface area contributed by atoms with Crippen molar-refractivity contribution in [3.8, 4) is 5.88 Å². The van der Waals surface area contributed by atoms with Gasteiger partial charge in [-0.25, -0.2) is 9.37 Å². The molecule has 1 rings (SSSR count). The fourth-order valence-corrected chi connectivity index (χ4v) is 1.08. The van der Waals surface area contributed by atoms with Crippen LogP contribution in [0.3, 0.4) is 0 Å².